The minimum atomic E-state index is -0.267. The lowest BCUT2D eigenvalue weighted by molar-refractivity contribution is -0.125. The van der Waals surface area contributed by atoms with Crippen molar-refractivity contribution in [3.8, 4) is 0 Å². The summed E-state index contributed by atoms with van der Waals surface area (Å²) in [7, 11) is 3.90. The van der Waals surface area contributed by atoms with Gasteiger partial charge in [0.2, 0.25) is 11.8 Å². The highest BCUT2D eigenvalue weighted by molar-refractivity contribution is 5.94. The smallest absolute Gasteiger partial charge is 0.244 e. The second-order valence-electron chi connectivity index (χ2n) is 5.06. The molecule has 0 unspecified atom stereocenters. The zero-order valence-corrected chi connectivity index (χ0v) is 11.2. The van der Waals surface area contributed by atoms with E-state index in [0.29, 0.717) is 5.82 Å². The van der Waals surface area contributed by atoms with E-state index in [1.54, 1.807) is 6.07 Å². The average Bonchev–Trinajstić information content (AvgIpc) is 3.10. The molecule has 0 radical (unpaired) electrons. The maximum atomic E-state index is 11.6. The van der Waals surface area contributed by atoms with Gasteiger partial charge in [0.1, 0.15) is 0 Å². The van der Waals surface area contributed by atoms with Gasteiger partial charge in [-0.05, 0) is 26.9 Å². The van der Waals surface area contributed by atoms with Crippen molar-refractivity contribution >= 4 is 17.6 Å². The van der Waals surface area contributed by atoms with Crippen molar-refractivity contribution in [2.75, 3.05) is 26.0 Å². The molecule has 19 heavy (non-hydrogen) atoms. The molecular formula is C12H19N5O2. The van der Waals surface area contributed by atoms with Gasteiger partial charge in [-0.1, -0.05) is 0 Å². The first-order valence-corrected chi connectivity index (χ1v) is 6.31. The van der Waals surface area contributed by atoms with Crippen LogP contribution in [0.5, 0.6) is 0 Å². The summed E-state index contributed by atoms with van der Waals surface area (Å²) in [5, 5.41) is 12.1. The molecule has 0 aromatic carbocycles. The average molecular weight is 265 g/mol. The zero-order chi connectivity index (χ0) is 13.8. The number of carbonyl (C=O) groups is 2. The molecule has 0 saturated heterocycles. The van der Waals surface area contributed by atoms with Gasteiger partial charge in [0, 0.05) is 18.5 Å². The van der Waals surface area contributed by atoms with Crippen LogP contribution in [-0.2, 0) is 16.1 Å². The summed E-state index contributed by atoms with van der Waals surface area (Å²) in [4.78, 5) is 25.0. The molecule has 0 spiro atoms. The Bertz CT molecular complexity index is 464. The Morgan fingerprint density at radius 1 is 1.47 bits per heavy atom. The van der Waals surface area contributed by atoms with Crippen LogP contribution in [0.1, 0.15) is 18.5 Å². The number of nitrogens with one attached hydrogen (secondary N) is 3. The van der Waals surface area contributed by atoms with E-state index < -0.39 is 0 Å². The molecular weight excluding hydrogens is 246 g/mol. The van der Waals surface area contributed by atoms with Crippen LogP contribution < -0.4 is 10.6 Å². The summed E-state index contributed by atoms with van der Waals surface area (Å²) in [5.41, 5.74) is 0.919. The van der Waals surface area contributed by atoms with Crippen LogP contribution in [0.2, 0.25) is 0 Å². The van der Waals surface area contributed by atoms with Crippen LogP contribution >= 0.6 is 0 Å². The predicted octanol–water partition coefficient (Wildman–Crippen LogP) is -0.0640. The van der Waals surface area contributed by atoms with Crippen LogP contribution in [-0.4, -0.2) is 47.6 Å². The molecule has 0 bridgehead atoms. The van der Waals surface area contributed by atoms with E-state index >= 15 is 0 Å². The van der Waals surface area contributed by atoms with Crippen LogP contribution in [0.4, 0.5) is 5.82 Å². The molecule has 1 saturated carbocycles. The molecule has 1 aromatic rings. The number of aromatic nitrogens is 2. The van der Waals surface area contributed by atoms with Gasteiger partial charge in [-0.3, -0.25) is 14.7 Å². The van der Waals surface area contributed by atoms with Gasteiger partial charge < -0.3 is 15.5 Å². The lowest BCUT2D eigenvalue weighted by atomic mass is 10.4. The Balaban J connectivity index is 1.74. The van der Waals surface area contributed by atoms with Crippen molar-refractivity contribution < 1.29 is 9.59 Å². The Morgan fingerprint density at radius 2 is 2.21 bits per heavy atom. The van der Waals surface area contributed by atoms with Gasteiger partial charge in [-0.2, -0.15) is 5.10 Å². The van der Waals surface area contributed by atoms with Crippen molar-refractivity contribution in [3.63, 3.8) is 0 Å². The maximum absolute atomic E-state index is 11.6. The summed E-state index contributed by atoms with van der Waals surface area (Å²) in [6.07, 6.45) is 1.86. The molecule has 7 heteroatoms. The second-order valence-corrected chi connectivity index (χ2v) is 5.06. The highest BCUT2D eigenvalue weighted by Gasteiger charge is 2.29. The fourth-order valence-electron chi connectivity index (χ4n) is 1.69. The predicted molar refractivity (Wildman–Crippen MR) is 70.3 cm³/mol. The van der Waals surface area contributed by atoms with Gasteiger partial charge in [0.05, 0.1) is 12.2 Å². The van der Waals surface area contributed by atoms with E-state index in [2.05, 4.69) is 20.8 Å². The molecule has 1 aliphatic carbocycles. The lowest BCUT2D eigenvalue weighted by Crippen LogP contribution is -2.33. The Kier molecular flexibility index (Phi) is 4.16. The van der Waals surface area contributed by atoms with Crippen molar-refractivity contribution in [1.82, 2.24) is 20.4 Å². The Hall–Kier alpha value is -1.89. The molecule has 7 nitrogen and oxygen atoms in total. The first-order chi connectivity index (χ1) is 9.04. The van der Waals surface area contributed by atoms with E-state index in [9.17, 15) is 9.59 Å². The van der Waals surface area contributed by atoms with Crippen molar-refractivity contribution in [2.24, 2.45) is 5.92 Å². The maximum Gasteiger partial charge on any atom is 0.244 e. The summed E-state index contributed by atoms with van der Waals surface area (Å²) < 4.78 is 0. The molecule has 2 rings (SSSR count). The van der Waals surface area contributed by atoms with Crippen LogP contribution in [0.3, 0.4) is 0 Å². The van der Waals surface area contributed by atoms with Gasteiger partial charge in [0.25, 0.3) is 0 Å². The molecule has 1 aromatic heterocycles. The monoisotopic (exact) mass is 265 g/mol. The number of H-pyrrole nitrogens is 1. The fraction of sp³-hybridized carbons (Fsp3) is 0.583. The lowest BCUT2D eigenvalue weighted by Gasteiger charge is -2.05. The van der Waals surface area contributed by atoms with E-state index in [0.717, 1.165) is 25.1 Å². The van der Waals surface area contributed by atoms with Crippen molar-refractivity contribution in [2.45, 2.75) is 19.4 Å². The number of hydrogen-bond donors (Lipinski definition) is 3. The minimum absolute atomic E-state index is 0.00872. The van der Waals surface area contributed by atoms with E-state index in [1.165, 1.54) is 0 Å². The summed E-state index contributed by atoms with van der Waals surface area (Å²) in [6, 6.07) is 1.78. The standard InChI is InChI=1S/C12H19N5O2/c1-17(2)7-9-5-10(16-15-9)14-11(18)6-13-12(19)8-3-4-8/h5,8H,3-4,6-7H2,1-2H3,(H,13,19)(H2,14,15,16,18). The topological polar surface area (TPSA) is 90.1 Å². The third kappa shape index (κ3) is 4.36. The second kappa shape index (κ2) is 5.83. The molecule has 0 atom stereocenters. The van der Waals surface area contributed by atoms with Crippen molar-refractivity contribution in [1.29, 1.82) is 0 Å². The van der Waals surface area contributed by atoms with Crippen LogP contribution in [0, 0.1) is 5.92 Å². The quantitative estimate of drug-likeness (QED) is 0.672. The summed E-state index contributed by atoms with van der Waals surface area (Å²) in [6.45, 7) is 0.715. The van der Waals surface area contributed by atoms with Gasteiger partial charge in [-0.25, -0.2) is 0 Å². The fourth-order valence-corrected chi connectivity index (χ4v) is 1.69. The molecule has 3 N–H and O–H groups in total. The van der Waals surface area contributed by atoms with Crippen LogP contribution in [0.25, 0.3) is 0 Å². The molecule has 1 heterocycles. The molecule has 1 aliphatic rings. The van der Waals surface area contributed by atoms with E-state index in [-0.39, 0.29) is 24.3 Å². The van der Waals surface area contributed by atoms with Gasteiger partial charge in [-0.15, -0.1) is 0 Å². The molecule has 104 valence electrons. The highest BCUT2D eigenvalue weighted by Crippen LogP contribution is 2.28. The van der Waals surface area contributed by atoms with E-state index in [1.807, 2.05) is 19.0 Å². The van der Waals surface area contributed by atoms with Gasteiger partial charge in [0.15, 0.2) is 5.82 Å². The largest absolute Gasteiger partial charge is 0.347 e. The normalized spacial score (nSPS) is 14.5. The SMILES string of the molecule is CN(C)Cc1cc(NC(=O)CNC(=O)C2CC2)n[nH]1. The first kappa shape index (κ1) is 13.5. The third-order valence-corrected chi connectivity index (χ3v) is 2.76. The Morgan fingerprint density at radius 3 is 2.84 bits per heavy atom. The summed E-state index contributed by atoms with van der Waals surface area (Å²) in [5.74, 6) is 0.287. The summed E-state index contributed by atoms with van der Waals surface area (Å²) >= 11 is 0. The number of amides is 2. The number of carbonyl (C=O) groups excluding carboxylic acids is 2. The number of nitrogens with zero attached hydrogens (tertiary/aromatic N) is 2. The van der Waals surface area contributed by atoms with Gasteiger partial charge >= 0.3 is 0 Å². The molecule has 1 fully saturated rings. The minimum Gasteiger partial charge on any atom is -0.347 e. The molecule has 0 aliphatic heterocycles. The number of hydrogen-bond acceptors (Lipinski definition) is 4. The first-order valence-electron chi connectivity index (χ1n) is 6.31. The molecule has 2 amide bonds. The number of aromatic amines is 1. The van der Waals surface area contributed by atoms with Crippen molar-refractivity contribution in [3.05, 3.63) is 11.8 Å². The highest BCUT2D eigenvalue weighted by atomic mass is 16.2. The third-order valence-electron chi connectivity index (χ3n) is 2.76. The Labute approximate surface area is 111 Å². The van der Waals surface area contributed by atoms with Crippen LogP contribution in [0.15, 0.2) is 6.07 Å². The van der Waals surface area contributed by atoms with E-state index in [4.69, 9.17) is 0 Å². The number of rotatable bonds is 6. The zero-order valence-electron chi connectivity index (χ0n) is 11.2. The number of anilines is 1.